The first-order chi connectivity index (χ1) is 7.63. The molecule has 0 saturated heterocycles. The molecule has 0 aliphatic heterocycles. The van der Waals surface area contributed by atoms with E-state index in [0.29, 0.717) is 25.1 Å². The Bertz CT molecular complexity index is 334. The SMILES string of the molecule is NC(CO)CNCCc1cc(F)ccc1F. The highest BCUT2D eigenvalue weighted by Gasteiger charge is 2.04. The fourth-order valence-corrected chi connectivity index (χ4v) is 1.31. The van der Waals surface area contributed by atoms with Crippen molar-refractivity contribution in [3.05, 3.63) is 35.4 Å². The number of halogens is 2. The van der Waals surface area contributed by atoms with E-state index >= 15 is 0 Å². The lowest BCUT2D eigenvalue weighted by atomic mass is 10.1. The van der Waals surface area contributed by atoms with Crippen LogP contribution in [0.4, 0.5) is 8.78 Å². The van der Waals surface area contributed by atoms with E-state index in [-0.39, 0.29) is 12.6 Å². The molecule has 0 bridgehead atoms. The summed E-state index contributed by atoms with van der Waals surface area (Å²) < 4.78 is 26.0. The number of nitrogens with two attached hydrogens (primary N) is 1. The Morgan fingerprint density at radius 3 is 2.81 bits per heavy atom. The average molecular weight is 230 g/mol. The summed E-state index contributed by atoms with van der Waals surface area (Å²) in [6.45, 7) is 0.850. The molecule has 1 unspecified atom stereocenters. The van der Waals surface area contributed by atoms with E-state index in [9.17, 15) is 8.78 Å². The van der Waals surface area contributed by atoms with Crippen molar-refractivity contribution < 1.29 is 13.9 Å². The van der Waals surface area contributed by atoms with Gasteiger partial charge < -0.3 is 16.2 Å². The number of nitrogens with one attached hydrogen (secondary N) is 1. The van der Waals surface area contributed by atoms with Crippen LogP contribution in [0.15, 0.2) is 18.2 Å². The van der Waals surface area contributed by atoms with Crippen LogP contribution in [0.25, 0.3) is 0 Å². The molecule has 0 radical (unpaired) electrons. The second kappa shape index (κ2) is 6.52. The van der Waals surface area contributed by atoms with Crippen molar-refractivity contribution in [1.29, 1.82) is 0 Å². The summed E-state index contributed by atoms with van der Waals surface area (Å²) in [5, 5.41) is 11.6. The van der Waals surface area contributed by atoms with Gasteiger partial charge in [-0.15, -0.1) is 0 Å². The number of benzene rings is 1. The van der Waals surface area contributed by atoms with Crippen molar-refractivity contribution in [3.63, 3.8) is 0 Å². The van der Waals surface area contributed by atoms with Gasteiger partial charge in [0.2, 0.25) is 0 Å². The van der Waals surface area contributed by atoms with Gasteiger partial charge in [0.15, 0.2) is 0 Å². The van der Waals surface area contributed by atoms with Crippen molar-refractivity contribution in [1.82, 2.24) is 5.32 Å². The summed E-state index contributed by atoms with van der Waals surface area (Å²) in [7, 11) is 0. The van der Waals surface area contributed by atoms with Gasteiger partial charge in [-0.3, -0.25) is 0 Å². The minimum atomic E-state index is -0.441. The molecular formula is C11H16F2N2O. The lowest BCUT2D eigenvalue weighted by Gasteiger charge is -2.09. The minimum Gasteiger partial charge on any atom is -0.395 e. The molecule has 0 aromatic heterocycles. The topological polar surface area (TPSA) is 58.3 Å². The van der Waals surface area contributed by atoms with E-state index in [1.807, 2.05) is 0 Å². The largest absolute Gasteiger partial charge is 0.395 e. The van der Waals surface area contributed by atoms with Crippen molar-refractivity contribution in [2.75, 3.05) is 19.7 Å². The molecule has 1 rings (SSSR count). The Hall–Kier alpha value is -1.04. The Balaban J connectivity index is 2.34. The van der Waals surface area contributed by atoms with Gasteiger partial charge in [-0.1, -0.05) is 0 Å². The second-order valence-electron chi connectivity index (χ2n) is 3.63. The Labute approximate surface area is 93.3 Å². The number of rotatable bonds is 6. The summed E-state index contributed by atoms with van der Waals surface area (Å²) in [6.07, 6.45) is 0.391. The molecule has 0 fully saturated rings. The maximum atomic E-state index is 13.2. The smallest absolute Gasteiger partial charge is 0.126 e. The lowest BCUT2D eigenvalue weighted by Crippen LogP contribution is -2.37. The highest BCUT2D eigenvalue weighted by Crippen LogP contribution is 2.09. The van der Waals surface area contributed by atoms with Crippen LogP contribution >= 0.6 is 0 Å². The number of hydrogen-bond acceptors (Lipinski definition) is 3. The molecule has 16 heavy (non-hydrogen) atoms. The standard InChI is InChI=1S/C11H16F2N2O/c12-9-1-2-11(13)8(5-9)3-4-15-6-10(14)7-16/h1-2,5,10,15-16H,3-4,6-7,14H2. The molecule has 4 N–H and O–H groups in total. The fraction of sp³-hybridized carbons (Fsp3) is 0.455. The number of hydrogen-bond donors (Lipinski definition) is 3. The van der Waals surface area contributed by atoms with E-state index in [4.69, 9.17) is 10.8 Å². The van der Waals surface area contributed by atoms with Gasteiger partial charge in [0, 0.05) is 12.6 Å². The molecule has 1 atom stereocenters. The fourth-order valence-electron chi connectivity index (χ4n) is 1.31. The van der Waals surface area contributed by atoms with E-state index < -0.39 is 11.6 Å². The normalized spacial score (nSPS) is 12.8. The minimum absolute atomic E-state index is 0.0959. The maximum Gasteiger partial charge on any atom is 0.126 e. The Kier molecular flexibility index (Phi) is 5.31. The average Bonchev–Trinajstić information content (AvgIpc) is 2.28. The summed E-state index contributed by atoms with van der Waals surface area (Å²) in [4.78, 5) is 0. The molecule has 1 aromatic carbocycles. The van der Waals surface area contributed by atoms with Gasteiger partial charge in [0.25, 0.3) is 0 Å². The summed E-state index contributed by atoms with van der Waals surface area (Å²) >= 11 is 0. The van der Waals surface area contributed by atoms with Gasteiger partial charge in [0.1, 0.15) is 11.6 Å². The van der Waals surface area contributed by atoms with Crippen LogP contribution in [0, 0.1) is 11.6 Å². The van der Waals surface area contributed by atoms with Crippen LogP contribution in [-0.2, 0) is 6.42 Å². The zero-order valence-electron chi connectivity index (χ0n) is 8.92. The summed E-state index contributed by atoms with van der Waals surface area (Å²) in [5.74, 6) is -0.849. The maximum absolute atomic E-state index is 13.2. The van der Waals surface area contributed by atoms with Crippen molar-refractivity contribution >= 4 is 0 Å². The molecule has 0 aliphatic carbocycles. The Morgan fingerprint density at radius 2 is 2.12 bits per heavy atom. The third kappa shape index (κ3) is 4.22. The molecular weight excluding hydrogens is 214 g/mol. The highest BCUT2D eigenvalue weighted by molar-refractivity contribution is 5.18. The number of aliphatic hydroxyl groups excluding tert-OH is 1. The summed E-state index contributed by atoms with van der Waals surface area (Å²) in [6, 6.07) is 3.07. The van der Waals surface area contributed by atoms with Gasteiger partial charge in [-0.2, -0.15) is 0 Å². The van der Waals surface area contributed by atoms with E-state index in [2.05, 4.69) is 5.32 Å². The van der Waals surface area contributed by atoms with Gasteiger partial charge in [-0.05, 0) is 36.7 Å². The van der Waals surface area contributed by atoms with E-state index in [1.54, 1.807) is 0 Å². The van der Waals surface area contributed by atoms with E-state index in [0.717, 1.165) is 12.1 Å². The predicted octanol–water partition coefficient (Wildman–Crippen LogP) is 0.417. The van der Waals surface area contributed by atoms with Crippen molar-refractivity contribution in [3.8, 4) is 0 Å². The van der Waals surface area contributed by atoms with Crippen molar-refractivity contribution in [2.24, 2.45) is 5.73 Å². The zero-order valence-corrected chi connectivity index (χ0v) is 8.92. The molecule has 0 heterocycles. The molecule has 0 amide bonds. The highest BCUT2D eigenvalue weighted by atomic mass is 19.1. The monoisotopic (exact) mass is 230 g/mol. The number of aliphatic hydroxyl groups is 1. The third-order valence-electron chi connectivity index (χ3n) is 2.22. The molecule has 0 spiro atoms. The Morgan fingerprint density at radius 1 is 1.38 bits per heavy atom. The van der Waals surface area contributed by atoms with Crippen LogP contribution < -0.4 is 11.1 Å². The first-order valence-electron chi connectivity index (χ1n) is 5.14. The zero-order chi connectivity index (χ0) is 12.0. The van der Waals surface area contributed by atoms with Gasteiger partial charge in [0.05, 0.1) is 6.61 Å². The van der Waals surface area contributed by atoms with Gasteiger partial charge in [-0.25, -0.2) is 8.78 Å². The quantitative estimate of drug-likeness (QED) is 0.621. The lowest BCUT2D eigenvalue weighted by molar-refractivity contribution is 0.262. The van der Waals surface area contributed by atoms with Crippen LogP contribution in [0.3, 0.4) is 0 Å². The van der Waals surface area contributed by atoms with Crippen LogP contribution in [0.5, 0.6) is 0 Å². The first kappa shape index (κ1) is 13.0. The molecule has 5 heteroatoms. The molecule has 90 valence electrons. The van der Waals surface area contributed by atoms with Crippen LogP contribution in [0.2, 0.25) is 0 Å². The molecule has 0 aliphatic rings. The molecule has 3 nitrogen and oxygen atoms in total. The summed E-state index contributed by atoms with van der Waals surface area (Å²) in [5.41, 5.74) is 5.80. The third-order valence-corrected chi connectivity index (χ3v) is 2.22. The molecule has 1 aromatic rings. The first-order valence-corrected chi connectivity index (χ1v) is 5.14. The molecule has 0 saturated carbocycles. The van der Waals surface area contributed by atoms with Crippen LogP contribution in [0.1, 0.15) is 5.56 Å². The second-order valence-corrected chi connectivity index (χ2v) is 3.63. The van der Waals surface area contributed by atoms with E-state index in [1.165, 1.54) is 6.07 Å². The van der Waals surface area contributed by atoms with Crippen molar-refractivity contribution in [2.45, 2.75) is 12.5 Å². The van der Waals surface area contributed by atoms with Gasteiger partial charge >= 0.3 is 0 Å². The predicted molar refractivity (Wildman–Crippen MR) is 58.0 cm³/mol. The van der Waals surface area contributed by atoms with Crippen LogP contribution in [-0.4, -0.2) is 30.8 Å².